The minimum absolute atomic E-state index is 0.0129. The van der Waals surface area contributed by atoms with Gasteiger partial charge >= 0.3 is 0 Å². The van der Waals surface area contributed by atoms with Gasteiger partial charge in [-0.2, -0.15) is 0 Å². The third-order valence-electron chi connectivity index (χ3n) is 9.23. The Labute approximate surface area is 204 Å². The molecule has 178 valence electrons. The van der Waals surface area contributed by atoms with Crippen LogP contribution in [0.3, 0.4) is 0 Å². The van der Waals surface area contributed by atoms with E-state index in [4.69, 9.17) is 23.2 Å². The Balaban J connectivity index is 1.01. The van der Waals surface area contributed by atoms with Crippen LogP contribution in [-0.2, 0) is 9.59 Å². The molecule has 6 nitrogen and oxygen atoms in total. The normalized spacial score (nSPS) is 40.1. The molecule has 1 aromatic rings. The smallest absolute Gasteiger partial charge is 0.233 e. The first kappa shape index (κ1) is 22.1. The molecule has 6 rings (SSSR count). The van der Waals surface area contributed by atoms with Crippen LogP contribution in [0.5, 0.6) is 0 Å². The highest BCUT2D eigenvalue weighted by atomic mass is 35.5. The van der Waals surface area contributed by atoms with E-state index in [2.05, 4.69) is 9.80 Å². The lowest BCUT2D eigenvalue weighted by atomic mass is 9.74. The van der Waals surface area contributed by atoms with Gasteiger partial charge in [0.05, 0.1) is 33.7 Å². The van der Waals surface area contributed by atoms with E-state index in [0.29, 0.717) is 28.4 Å². The van der Waals surface area contributed by atoms with Gasteiger partial charge in [-0.05, 0) is 54.6 Å². The molecule has 2 aliphatic heterocycles. The number of aliphatic hydroxyl groups excluding tert-OH is 1. The summed E-state index contributed by atoms with van der Waals surface area (Å²) < 4.78 is 0. The molecule has 6 unspecified atom stereocenters. The number of carbonyl (C=O) groups is 2. The van der Waals surface area contributed by atoms with Gasteiger partial charge in [-0.25, -0.2) is 0 Å². The molecule has 1 aromatic carbocycles. The van der Waals surface area contributed by atoms with Crippen molar-refractivity contribution in [2.45, 2.75) is 25.9 Å². The van der Waals surface area contributed by atoms with Gasteiger partial charge in [-0.15, -0.1) is 0 Å². The van der Waals surface area contributed by atoms with Gasteiger partial charge in [0.2, 0.25) is 11.8 Å². The van der Waals surface area contributed by atoms with Gasteiger partial charge in [0, 0.05) is 39.3 Å². The number of amides is 2. The first-order chi connectivity index (χ1) is 15.8. The van der Waals surface area contributed by atoms with Crippen LogP contribution in [0.4, 0.5) is 5.69 Å². The Morgan fingerprint density at radius 3 is 2.33 bits per heavy atom. The van der Waals surface area contributed by atoms with Crippen molar-refractivity contribution < 1.29 is 14.7 Å². The maximum Gasteiger partial charge on any atom is 0.233 e. The average Bonchev–Trinajstić information content (AvgIpc) is 3.20. The predicted octanol–water partition coefficient (Wildman–Crippen LogP) is 3.00. The minimum atomic E-state index is -0.429. The number of carbonyl (C=O) groups excluding carboxylic acids is 2. The molecule has 0 spiro atoms. The summed E-state index contributed by atoms with van der Waals surface area (Å²) in [6.07, 6.45) is 1.49. The van der Waals surface area contributed by atoms with Gasteiger partial charge in [-0.3, -0.25) is 19.4 Å². The second-order valence-electron chi connectivity index (χ2n) is 10.9. The highest BCUT2D eigenvalue weighted by Crippen LogP contribution is 2.59. The average molecular weight is 492 g/mol. The van der Waals surface area contributed by atoms with E-state index in [9.17, 15) is 14.7 Å². The fourth-order valence-electron chi connectivity index (χ4n) is 7.23. The molecular weight excluding hydrogens is 461 g/mol. The van der Waals surface area contributed by atoms with Crippen molar-refractivity contribution in [3.8, 4) is 0 Å². The second-order valence-corrected chi connectivity index (χ2v) is 11.7. The molecule has 8 atom stereocenters. The van der Waals surface area contributed by atoms with Gasteiger partial charge in [0.25, 0.3) is 0 Å². The molecule has 33 heavy (non-hydrogen) atoms. The molecule has 1 N–H and O–H groups in total. The second kappa shape index (κ2) is 8.11. The zero-order valence-corrected chi connectivity index (χ0v) is 20.4. The number of piperazine rings is 1. The molecule has 0 radical (unpaired) electrons. The number of hydrogen-bond donors (Lipinski definition) is 1. The van der Waals surface area contributed by atoms with E-state index in [1.165, 1.54) is 0 Å². The van der Waals surface area contributed by atoms with Crippen LogP contribution in [-0.4, -0.2) is 72.1 Å². The number of hydrogen-bond acceptors (Lipinski definition) is 5. The highest BCUT2D eigenvalue weighted by Gasteiger charge is 2.66. The Kier molecular flexibility index (Phi) is 5.44. The summed E-state index contributed by atoms with van der Waals surface area (Å²) in [5.74, 6) is 0.830. The largest absolute Gasteiger partial charge is 0.393 e. The van der Waals surface area contributed by atoms with Crippen molar-refractivity contribution in [1.29, 1.82) is 0 Å². The summed E-state index contributed by atoms with van der Waals surface area (Å²) in [5, 5.41) is 11.7. The van der Waals surface area contributed by atoms with E-state index in [-0.39, 0.29) is 41.4 Å². The summed E-state index contributed by atoms with van der Waals surface area (Å²) in [6, 6.07) is 5.77. The molecule has 3 aliphatic carbocycles. The Bertz CT molecular complexity index is 950. The van der Waals surface area contributed by atoms with Crippen LogP contribution in [0.2, 0.25) is 10.0 Å². The lowest BCUT2D eigenvalue weighted by molar-refractivity contribution is -0.141. The van der Waals surface area contributed by atoms with Crippen molar-refractivity contribution in [3.05, 3.63) is 28.2 Å². The van der Waals surface area contributed by atoms with Crippen LogP contribution < -0.4 is 4.90 Å². The van der Waals surface area contributed by atoms with E-state index >= 15 is 0 Å². The predicted molar refractivity (Wildman–Crippen MR) is 127 cm³/mol. The zero-order valence-electron chi connectivity index (χ0n) is 18.9. The van der Waals surface area contributed by atoms with E-state index < -0.39 is 6.10 Å². The molecule has 2 amide bonds. The van der Waals surface area contributed by atoms with E-state index in [1.54, 1.807) is 4.90 Å². The fraction of sp³-hybridized carbons (Fsp3) is 0.680. The van der Waals surface area contributed by atoms with Crippen LogP contribution in [0.15, 0.2) is 18.2 Å². The Morgan fingerprint density at radius 2 is 1.61 bits per heavy atom. The topological polar surface area (TPSA) is 64.1 Å². The first-order valence-electron chi connectivity index (χ1n) is 12.3. The standard InChI is InChI=1S/C25H31Cl2N3O3/c1-13-16-10-17(23(13)31)21-20(16)24(32)30(25(21)33)12-15-9-14(15)11-28-5-7-29(8-6-28)19-4-2-3-18(26)22(19)27/h2-4,13-17,20-21,23,31H,5-12H2,1H3/t13?,14-,15-,16?,17?,20?,21?,23?/m1/s1. The molecule has 8 heteroatoms. The number of aliphatic hydroxyl groups is 1. The van der Waals surface area contributed by atoms with Crippen LogP contribution in [0.1, 0.15) is 19.8 Å². The SMILES string of the molecule is CC1C(O)C2CC1C1C(=O)N(C[C@H]3C[C@@H]3CN3CCN(c4cccc(Cl)c4Cl)CC3)C(=O)C21. The third kappa shape index (κ3) is 3.51. The highest BCUT2D eigenvalue weighted by molar-refractivity contribution is 6.43. The molecule has 5 fully saturated rings. The van der Waals surface area contributed by atoms with Crippen molar-refractivity contribution in [1.82, 2.24) is 9.80 Å². The van der Waals surface area contributed by atoms with Crippen LogP contribution in [0.25, 0.3) is 0 Å². The summed E-state index contributed by atoms with van der Waals surface area (Å²) in [6.45, 7) is 7.38. The van der Waals surface area contributed by atoms with Crippen molar-refractivity contribution in [2.75, 3.05) is 44.2 Å². The number of imide groups is 1. The van der Waals surface area contributed by atoms with Crippen molar-refractivity contribution in [3.63, 3.8) is 0 Å². The Morgan fingerprint density at radius 1 is 0.939 bits per heavy atom. The summed E-state index contributed by atoms with van der Waals surface area (Å²) in [7, 11) is 0. The number of fused-ring (bicyclic) bond motifs is 5. The quantitative estimate of drug-likeness (QED) is 0.641. The minimum Gasteiger partial charge on any atom is -0.393 e. The fourth-order valence-corrected chi connectivity index (χ4v) is 7.65. The van der Waals surface area contributed by atoms with Gasteiger partial charge < -0.3 is 10.0 Å². The number of anilines is 1. The lowest BCUT2D eigenvalue weighted by Gasteiger charge is -2.36. The summed E-state index contributed by atoms with van der Waals surface area (Å²) >= 11 is 12.6. The van der Waals surface area contributed by atoms with Gasteiger partial charge in [-0.1, -0.05) is 36.2 Å². The molecule has 2 bridgehead atoms. The molecule has 0 aromatic heterocycles. The van der Waals surface area contributed by atoms with Crippen molar-refractivity contribution >= 4 is 40.7 Å². The molecular formula is C25H31Cl2N3O3. The zero-order chi connectivity index (χ0) is 23.0. The third-order valence-corrected chi connectivity index (χ3v) is 10.0. The Hall–Kier alpha value is -1.34. The first-order valence-corrected chi connectivity index (χ1v) is 13.1. The molecule has 5 aliphatic rings. The van der Waals surface area contributed by atoms with Crippen molar-refractivity contribution in [2.24, 2.45) is 41.4 Å². The number of halogens is 2. The van der Waals surface area contributed by atoms with E-state index in [0.717, 1.165) is 51.3 Å². The number of nitrogens with zero attached hydrogens (tertiary/aromatic N) is 3. The molecule has 2 saturated heterocycles. The van der Waals surface area contributed by atoms with Crippen LogP contribution in [0, 0.1) is 41.4 Å². The van der Waals surface area contributed by atoms with Gasteiger partial charge in [0.1, 0.15) is 0 Å². The number of benzene rings is 1. The monoisotopic (exact) mass is 491 g/mol. The van der Waals surface area contributed by atoms with Gasteiger partial charge in [0.15, 0.2) is 0 Å². The molecule has 3 saturated carbocycles. The maximum atomic E-state index is 13.1. The maximum absolute atomic E-state index is 13.1. The van der Waals surface area contributed by atoms with Crippen LogP contribution >= 0.6 is 23.2 Å². The number of likely N-dealkylation sites (tertiary alicyclic amines) is 1. The molecule has 2 heterocycles. The summed E-state index contributed by atoms with van der Waals surface area (Å²) in [5.41, 5.74) is 0.998. The lowest BCUT2D eigenvalue weighted by Crippen LogP contribution is -2.47. The summed E-state index contributed by atoms with van der Waals surface area (Å²) in [4.78, 5) is 32.5. The number of rotatable bonds is 5. The van der Waals surface area contributed by atoms with E-state index in [1.807, 2.05) is 25.1 Å².